The Balaban J connectivity index is 1.42. The van der Waals surface area contributed by atoms with Gasteiger partial charge in [-0.1, -0.05) is 262 Å². The van der Waals surface area contributed by atoms with E-state index in [2.05, 4.69) is 153 Å². The highest BCUT2D eigenvalue weighted by Crippen LogP contribution is 2.33. The summed E-state index contributed by atoms with van der Waals surface area (Å²) >= 11 is 0. The van der Waals surface area contributed by atoms with Gasteiger partial charge in [0.2, 0.25) is 5.91 Å². The van der Waals surface area contributed by atoms with Crippen LogP contribution >= 0.6 is 0 Å². The molecule has 19 nitrogen and oxygen atoms in total. The number of aliphatic hydroxyl groups is 11. The average Bonchev–Trinajstić information content (AvgIpc) is 0.781. The highest BCUT2D eigenvalue weighted by Gasteiger charge is 2.53. The lowest BCUT2D eigenvalue weighted by atomic mass is 9.96. The second-order valence-corrected chi connectivity index (χ2v) is 27.1. The van der Waals surface area contributed by atoms with Gasteiger partial charge >= 0.3 is 0 Å². The van der Waals surface area contributed by atoms with Crippen molar-refractivity contribution in [3.63, 3.8) is 0 Å². The number of rotatable bonds is 59. The molecule has 1 amide bonds. The van der Waals surface area contributed by atoms with Crippen molar-refractivity contribution in [1.29, 1.82) is 0 Å². The van der Waals surface area contributed by atoms with Gasteiger partial charge in [-0.25, -0.2) is 0 Å². The number of amides is 1. The minimum atomic E-state index is -1.99. The standard InChI is InChI=1S/C83H137NO18/c1-3-5-7-9-11-13-15-17-19-21-23-25-27-29-30-31-32-33-34-35-36-37-39-41-43-45-47-49-51-53-55-57-59-61-71(89)84-66(67(88)60-58-56-54-52-50-48-46-44-42-40-38-28-26-24-22-20-18-16-14-12-10-8-6-4-2)65-97-81-77(95)74(92)79(69(63-86)99-81)102-83-78(96)75(93)80(70(64-87)100-83)101-82-76(94)73(91)72(90)68(62-85)98-82/h5,7,11,13,17,19,23,25,29-30,32-33,35-36,39,41-42,44-45,47,50,52,58,60,66-70,72-83,85-88,90-96H,3-4,6,8-10,12,14-16,18,20-22,24,26-28,31,34,37-38,40,43,46,48-49,51,53-57,59,61-65H2,1-2H3,(H,84,89)/b7-5-,13-11-,19-17-,25-23-,30-29-,33-32-,36-35-,41-39-,44-42+,47-45-,52-50+,60-58+. The number of unbranched alkanes of at least 4 members (excludes halogenated alkanes) is 21. The highest BCUT2D eigenvalue weighted by molar-refractivity contribution is 5.76. The molecular formula is C83H137NO18. The Hall–Kier alpha value is -4.33. The smallest absolute Gasteiger partial charge is 0.220 e. The van der Waals surface area contributed by atoms with Crippen molar-refractivity contribution in [2.75, 3.05) is 26.4 Å². The van der Waals surface area contributed by atoms with E-state index in [1.54, 1.807) is 6.08 Å². The molecule has 0 bridgehead atoms. The summed E-state index contributed by atoms with van der Waals surface area (Å²) in [5.41, 5.74) is 0. The van der Waals surface area contributed by atoms with Crippen LogP contribution in [0.25, 0.3) is 0 Å². The van der Waals surface area contributed by atoms with Gasteiger partial charge in [-0.2, -0.15) is 0 Å². The summed E-state index contributed by atoms with van der Waals surface area (Å²) in [6.45, 7) is 1.57. The zero-order valence-electron chi connectivity index (χ0n) is 62.0. The fraction of sp³-hybridized carbons (Fsp3) is 0.699. The van der Waals surface area contributed by atoms with Gasteiger partial charge < -0.3 is 89.9 Å². The van der Waals surface area contributed by atoms with Crippen LogP contribution in [-0.4, -0.2) is 193 Å². The lowest BCUT2D eigenvalue weighted by Crippen LogP contribution is -2.66. The lowest BCUT2D eigenvalue weighted by molar-refractivity contribution is -0.379. The van der Waals surface area contributed by atoms with Gasteiger partial charge in [-0.15, -0.1) is 0 Å². The Kier molecular flexibility index (Phi) is 55.7. The molecule has 19 heteroatoms. The molecule has 3 aliphatic rings. The first kappa shape index (κ1) is 91.9. The van der Waals surface area contributed by atoms with Crippen LogP contribution in [0.4, 0.5) is 0 Å². The number of allylic oxidation sites excluding steroid dienone is 23. The first-order chi connectivity index (χ1) is 49.8. The molecular weight excluding hydrogens is 1300 g/mol. The molecule has 3 rings (SSSR count). The molecule has 3 fully saturated rings. The number of carbonyl (C=O) groups excluding carboxylic acids is 1. The molecule has 102 heavy (non-hydrogen) atoms. The van der Waals surface area contributed by atoms with Gasteiger partial charge in [0.25, 0.3) is 0 Å². The van der Waals surface area contributed by atoms with Crippen LogP contribution in [0.2, 0.25) is 0 Å². The average molecular weight is 1440 g/mol. The topological polar surface area (TPSA) is 307 Å². The maximum absolute atomic E-state index is 13.5. The molecule has 0 aromatic carbocycles. The molecule has 17 unspecified atom stereocenters. The third-order valence-electron chi connectivity index (χ3n) is 18.3. The second kappa shape index (κ2) is 61.8. The number of nitrogens with one attached hydrogen (secondary N) is 1. The maximum Gasteiger partial charge on any atom is 0.220 e. The van der Waals surface area contributed by atoms with E-state index in [0.717, 1.165) is 116 Å². The van der Waals surface area contributed by atoms with Gasteiger partial charge in [0.05, 0.1) is 38.6 Å². The van der Waals surface area contributed by atoms with E-state index in [-0.39, 0.29) is 18.9 Å². The molecule has 0 saturated carbocycles. The molecule has 12 N–H and O–H groups in total. The van der Waals surface area contributed by atoms with Gasteiger partial charge in [0, 0.05) is 6.42 Å². The molecule has 3 heterocycles. The summed E-state index contributed by atoms with van der Waals surface area (Å²) in [6, 6.07) is -1.02. The van der Waals surface area contributed by atoms with Crippen LogP contribution < -0.4 is 5.32 Å². The third-order valence-corrected chi connectivity index (χ3v) is 18.3. The Labute approximate surface area is 613 Å². The first-order valence-electron chi connectivity index (χ1n) is 39.1. The van der Waals surface area contributed by atoms with E-state index in [9.17, 15) is 61.0 Å². The molecule has 0 aromatic rings. The van der Waals surface area contributed by atoms with Crippen LogP contribution in [0.1, 0.15) is 239 Å². The number of aliphatic hydroxyl groups excluding tert-OH is 11. The predicted octanol–water partition coefficient (Wildman–Crippen LogP) is 12.7. The predicted molar refractivity (Wildman–Crippen MR) is 406 cm³/mol. The largest absolute Gasteiger partial charge is 0.394 e. The molecule has 17 atom stereocenters. The number of hydrogen-bond donors (Lipinski definition) is 12. The van der Waals surface area contributed by atoms with Gasteiger partial charge in [0.1, 0.15) is 73.2 Å². The van der Waals surface area contributed by atoms with Gasteiger partial charge in [-0.05, 0) is 116 Å². The summed E-state index contributed by atoms with van der Waals surface area (Å²) in [5.74, 6) is -0.314. The van der Waals surface area contributed by atoms with E-state index in [1.807, 2.05) is 6.08 Å². The lowest BCUT2D eigenvalue weighted by Gasteiger charge is -2.48. The molecule has 0 radical (unpaired) electrons. The van der Waals surface area contributed by atoms with E-state index in [0.29, 0.717) is 12.8 Å². The maximum atomic E-state index is 13.5. The van der Waals surface area contributed by atoms with Crippen molar-refractivity contribution in [1.82, 2.24) is 5.32 Å². The zero-order chi connectivity index (χ0) is 73.9. The van der Waals surface area contributed by atoms with E-state index in [4.69, 9.17) is 28.4 Å². The number of hydrogen-bond acceptors (Lipinski definition) is 18. The van der Waals surface area contributed by atoms with E-state index < -0.39 is 124 Å². The summed E-state index contributed by atoms with van der Waals surface area (Å²) in [6.07, 6.45) is 62.5. The second-order valence-electron chi connectivity index (χ2n) is 27.1. The monoisotopic (exact) mass is 1440 g/mol. The zero-order valence-corrected chi connectivity index (χ0v) is 62.0. The molecule has 3 aliphatic heterocycles. The summed E-state index contributed by atoms with van der Waals surface area (Å²) < 4.78 is 34.4. The van der Waals surface area contributed by atoms with Gasteiger partial charge in [-0.3, -0.25) is 4.79 Å². The molecule has 0 spiro atoms. The summed E-state index contributed by atoms with van der Waals surface area (Å²) in [5, 5.41) is 121. The SMILES string of the molecule is CC/C=C\C/C=C\C/C=C\C/C=C\C/C=C\C/C=C\C/C=C\C/C=C\C/C=C\CCCCCCCC(=O)NC(COC1OC(CO)C(OC2OC(CO)C(OC3OC(CO)C(O)C(O)C3O)C(O)C2O)C(O)C1O)C(O)/C=C/CC/C=C/CC/C=C/CCCCCCCCCCCCCCCC. The minimum Gasteiger partial charge on any atom is -0.394 e. The van der Waals surface area contributed by atoms with Crippen molar-refractivity contribution in [2.24, 2.45) is 0 Å². The number of ether oxygens (including phenoxy) is 6. The third kappa shape index (κ3) is 41.5. The normalized spacial score (nSPS) is 27.0. The Morgan fingerprint density at radius 2 is 0.686 bits per heavy atom. The van der Waals surface area contributed by atoms with Crippen molar-refractivity contribution >= 4 is 5.91 Å². The Morgan fingerprint density at radius 3 is 1.10 bits per heavy atom. The van der Waals surface area contributed by atoms with Crippen LogP contribution in [0.5, 0.6) is 0 Å². The van der Waals surface area contributed by atoms with Crippen LogP contribution in [-0.2, 0) is 33.2 Å². The van der Waals surface area contributed by atoms with Crippen molar-refractivity contribution < 1.29 is 89.4 Å². The van der Waals surface area contributed by atoms with Crippen molar-refractivity contribution in [3.05, 3.63) is 146 Å². The molecule has 0 aliphatic carbocycles. The van der Waals surface area contributed by atoms with E-state index in [1.165, 1.54) is 89.9 Å². The fourth-order valence-electron chi connectivity index (χ4n) is 12.1. The molecule has 582 valence electrons. The van der Waals surface area contributed by atoms with Gasteiger partial charge in [0.15, 0.2) is 18.9 Å². The van der Waals surface area contributed by atoms with Crippen molar-refractivity contribution in [3.8, 4) is 0 Å². The highest BCUT2D eigenvalue weighted by atomic mass is 16.8. The Bertz CT molecular complexity index is 2410. The van der Waals surface area contributed by atoms with Crippen molar-refractivity contribution in [2.45, 2.75) is 343 Å². The summed E-state index contributed by atoms with van der Waals surface area (Å²) in [4.78, 5) is 13.5. The van der Waals surface area contributed by atoms with Crippen LogP contribution in [0.3, 0.4) is 0 Å². The minimum absolute atomic E-state index is 0.199. The van der Waals surface area contributed by atoms with Crippen LogP contribution in [0, 0.1) is 0 Å². The summed E-state index contributed by atoms with van der Waals surface area (Å²) in [7, 11) is 0. The van der Waals surface area contributed by atoms with Crippen LogP contribution in [0.15, 0.2) is 146 Å². The number of carbonyl (C=O) groups is 1. The Morgan fingerprint density at radius 1 is 0.363 bits per heavy atom. The quantitative estimate of drug-likeness (QED) is 0.0199. The molecule has 0 aromatic heterocycles. The fourth-order valence-corrected chi connectivity index (χ4v) is 12.1. The first-order valence-corrected chi connectivity index (χ1v) is 39.1. The molecule has 3 saturated heterocycles. The van der Waals surface area contributed by atoms with E-state index >= 15 is 0 Å².